The molecule has 0 aromatic heterocycles. The lowest BCUT2D eigenvalue weighted by atomic mass is 10.2. The van der Waals surface area contributed by atoms with Crippen molar-refractivity contribution in [3.8, 4) is 0 Å². The monoisotopic (exact) mass is 313 g/mol. The summed E-state index contributed by atoms with van der Waals surface area (Å²) in [6.07, 6.45) is 0.778. The van der Waals surface area contributed by atoms with Gasteiger partial charge in [0.15, 0.2) is 0 Å². The van der Waals surface area contributed by atoms with Crippen molar-refractivity contribution < 1.29 is 13.2 Å². The van der Waals surface area contributed by atoms with E-state index in [2.05, 4.69) is 9.62 Å². The second-order valence-electron chi connectivity index (χ2n) is 5.22. The molecular weight excluding hydrogens is 290 g/mol. The van der Waals surface area contributed by atoms with Crippen LogP contribution in [0.1, 0.15) is 12.0 Å². The van der Waals surface area contributed by atoms with Gasteiger partial charge in [-0.1, -0.05) is 6.07 Å². The van der Waals surface area contributed by atoms with Crippen molar-refractivity contribution in [2.75, 3.05) is 45.1 Å². The molecule has 1 aliphatic heterocycles. The van der Waals surface area contributed by atoms with E-state index < -0.39 is 10.0 Å². The summed E-state index contributed by atoms with van der Waals surface area (Å²) < 4.78 is 32.2. The van der Waals surface area contributed by atoms with Gasteiger partial charge in [-0.05, 0) is 37.6 Å². The van der Waals surface area contributed by atoms with Gasteiger partial charge in [-0.3, -0.25) is 4.90 Å². The number of sulfonamides is 1. The first kappa shape index (κ1) is 16.2. The Hall–Kier alpha value is -1.15. The zero-order valence-electron chi connectivity index (χ0n) is 12.3. The lowest BCUT2D eigenvalue weighted by Crippen LogP contribution is -2.38. The first-order chi connectivity index (χ1) is 9.99. The predicted octanol–water partition coefficient (Wildman–Crippen LogP) is 0.578. The molecule has 1 aromatic rings. The topological polar surface area (TPSA) is 84.7 Å². The maximum atomic E-state index is 12.1. The summed E-state index contributed by atoms with van der Waals surface area (Å²) in [5, 5.41) is 0. The third kappa shape index (κ3) is 4.67. The van der Waals surface area contributed by atoms with Gasteiger partial charge in [-0.25, -0.2) is 13.1 Å². The number of benzene rings is 1. The van der Waals surface area contributed by atoms with E-state index in [0.29, 0.717) is 12.2 Å². The maximum Gasteiger partial charge on any atom is 0.240 e. The highest BCUT2D eigenvalue weighted by molar-refractivity contribution is 7.89. The molecule has 0 bridgehead atoms. The first-order valence-corrected chi connectivity index (χ1v) is 8.63. The van der Waals surface area contributed by atoms with Gasteiger partial charge in [0.1, 0.15) is 0 Å². The highest BCUT2D eigenvalue weighted by Gasteiger charge is 2.15. The average molecular weight is 313 g/mol. The van der Waals surface area contributed by atoms with Crippen molar-refractivity contribution in [1.82, 2.24) is 9.62 Å². The third-order valence-electron chi connectivity index (χ3n) is 3.61. The van der Waals surface area contributed by atoms with Crippen LogP contribution in [0.25, 0.3) is 0 Å². The summed E-state index contributed by atoms with van der Waals surface area (Å²) in [6, 6.07) is 4.80. The Morgan fingerprint density at radius 2 is 2.05 bits per heavy atom. The zero-order valence-corrected chi connectivity index (χ0v) is 13.2. The summed E-state index contributed by atoms with van der Waals surface area (Å²) in [4.78, 5) is 2.50. The Balaban J connectivity index is 1.82. The predicted molar refractivity (Wildman–Crippen MR) is 82.7 cm³/mol. The minimum atomic E-state index is -3.48. The Morgan fingerprint density at radius 3 is 2.71 bits per heavy atom. The van der Waals surface area contributed by atoms with Gasteiger partial charge in [-0.15, -0.1) is 0 Å². The molecule has 0 radical (unpaired) electrons. The third-order valence-corrected chi connectivity index (χ3v) is 5.07. The van der Waals surface area contributed by atoms with E-state index >= 15 is 0 Å². The summed E-state index contributed by atoms with van der Waals surface area (Å²) in [7, 11) is -3.48. The fourth-order valence-electron chi connectivity index (χ4n) is 2.20. The minimum absolute atomic E-state index is 0.219. The summed E-state index contributed by atoms with van der Waals surface area (Å²) in [6.45, 7) is 6.50. The molecule has 3 N–H and O–H groups in total. The Morgan fingerprint density at radius 1 is 1.33 bits per heavy atom. The molecule has 118 valence electrons. The van der Waals surface area contributed by atoms with Crippen LogP contribution in [0.5, 0.6) is 0 Å². The van der Waals surface area contributed by atoms with E-state index in [1.54, 1.807) is 12.1 Å². The highest BCUT2D eigenvalue weighted by atomic mass is 32.2. The first-order valence-electron chi connectivity index (χ1n) is 7.15. The largest absolute Gasteiger partial charge is 0.398 e. The SMILES string of the molecule is Cc1ccc(S(=O)(=O)NCCCN2CCOCC2)cc1N. The molecule has 0 spiro atoms. The number of nitrogens with two attached hydrogens (primary N) is 1. The van der Waals surface area contributed by atoms with Gasteiger partial charge >= 0.3 is 0 Å². The Bertz CT molecular complexity index is 569. The fourth-order valence-corrected chi connectivity index (χ4v) is 3.31. The van der Waals surface area contributed by atoms with Crippen molar-refractivity contribution in [2.45, 2.75) is 18.2 Å². The number of anilines is 1. The number of morpholine rings is 1. The van der Waals surface area contributed by atoms with Gasteiger partial charge in [0, 0.05) is 25.3 Å². The second kappa shape index (κ2) is 7.22. The minimum Gasteiger partial charge on any atom is -0.398 e. The van der Waals surface area contributed by atoms with E-state index in [1.807, 2.05) is 6.92 Å². The Kier molecular flexibility index (Phi) is 5.58. The molecule has 2 rings (SSSR count). The molecule has 21 heavy (non-hydrogen) atoms. The molecule has 7 heteroatoms. The van der Waals surface area contributed by atoms with E-state index in [4.69, 9.17) is 10.5 Å². The van der Waals surface area contributed by atoms with Gasteiger partial charge < -0.3 is 10.5 Å². The van der Waals surface area contributed by atoms with E-state index in [9.17, 15) is 8.42 Å². The van der Waals surface area contributed by atoms with Crippen molar-refractivity contribution >= 4 is 15.7 Å². The smallest absolute Gasteiger partial charge is 0.240 e. The van der Waals surface area contributed by atoms with E-state index in [1.165, 1.54) is 6.07 Å². The molecule has 0 unspecified atom stereocenters. The van der Waals surface area contributed by atoms with Crippen LogP contribution in [0.4, 0.5) is 5.69 Å². The highest BCUT2D eigenvalue weighted by Crippen LogP contribution is 2.16. The molecule has 1 saturated heterocycles. The molecule has 1 heterocycles. The van der Waals surface area contributed by atoms with Gasteiger partial charge in [0.2, 0.25) is 10.0 Å². The fraction of sp³-hybridized carbons (Fsp3) is 0.571. The van der Waals surface area contributed by atoms with Gasteiger partial charge in [0.05, 0.1) is 18.1 Å². The van der Waals surface area contributed by atoms with Crippen molar-refractivity contribution in [3.05, 3.63) is 23.8 Å². The molecule has 0 amide bonds. The number of hydrogen-bond acceptors (Lipinski definition) is 5. The van der Waals surface area contributed by atoms with Crippen LogP contribution in [0.3, 0.4) is 0 Å². The maximum absolute atomic E-state index is 12.1. The number of hydrogen-bond donors (Lipinski definition) is 2. The van der Waals surface area contributed by atoms with Crippen molar-refractivity contribution in [1.29, 1.82) is 0 Å². The number of aryl methyl sites for hydroxylation is 1. The molecule has 1 aromatic carbocycles. The Labute approximate surface area is 126 Å². The number of nitrogens with zero attached hydrogens (tertiary/aromatic N) is 1. The molecule has 0 saturated carbocycles. The standard InChI is InChI=1S/C14H23N3O3S/c1-12-3-4-13(11-14(12)15)21(18,19)16-5-2-6-17-7-9-20-10-8-17/h3-4,11,16H,2,5-10,15H2,1H3. The van der Waals surface area contributed by atoms with Crippen LogP contribution in [0.15, 0.2) is 23.1 Å². The summed E-state index contributed by atoms with van der Waals surface area (Å²) in [5.74, 6) is 0. The molecule has 0 atom stereocenters. The normalized spacial score (nSPS) is 17.0. The molecule has 1 fully saturated rings. The quantitative estimate of drug-likeness (QED) is 0.593. The van der Waals surface area contributed by atoms with Crippen LogP contribution in [-0.4, -0.2) is 52.7 Å². The van der Waals surface area contributed by atoms with Gasteiger partial charge in [-0.2, -0.15) is 0 Å². The van der Waals surface area contributed by atoms with Crippen molar-refractivity contribution in [3.63, 3.8) is 0 Å². The summed E-state index contributed by atoms with van der Waals surface area (Å²) in [5.41, 5.74) is 7.13. The van der Waals surface area contributed by atoms with E-state index in [0.717, 1.165) is 44.8 Å². The number of nitrogen functional groups attached to an aromatic ring is 1. The molecule has 1 aliphatic rings. The summed E-state index contributed by atoms with van der Waals surface area (Å²) >= 11 is 0. The zero-order chi connectivity index (χ0) is 15.3. The number of nitrogens with one attached hydrogen (secondary N) is 1. The lowest BCUT2D eigenvalue weighted by Gasteiger charge is -2.26. The lowest BCUT2D eigenvalue weighted by molar-refractivity contribution is 0.0376. The van der Waals surface area contributed by atoms with Crippen LogP contribution in [-0.2, 0) is 14.8 Å². The van der Waals surface area contributed by atoms with Crippen LogP contribution >= 0.6 is 0 Å². The number of ether oxygens (including phenoxy) is 1. The molecule has 6 nitrogen and oxygen atoms in total. The molecule has 0 aliphatic carbocycles. The van der Waals surface area contributed by atoms with Gasteiger partial charge in [0.25, 0.3) is 0 Å². The average Bonchev–Trinajstić information content (AvgIpc) is 2.47. The number of rotatable bonds is 6. The molecular formula is C14H23N3O3S. The second-order valence-corrected chi connectivity index (χ2v) is 6.99. The van der Waals surface area contributed by atoms with E-state index in [-0.39, 0.29) is 4.90 Å². The van der Waals surface area contributed by atoms with Crippen LogP contribution in [0.2, 0.25) is 0 Å². The van der Waals surface area contributed by atoms with Crippen LogP contribution in [0, 0.1) is 6.92 Å². The van der Waals surface area contributed by atoms with Crippen molar-refractivity contribution in [2.24, 2.45) is 0 Å². The van der Waals surface area contributed by atoms with Crippen LogP contribution < -0.4 is 10.5 Å².